The molecule has 3 N–H and O–H groups in total. The molecule has 2 heterocycles. The smallest absolute Gasteiger partial charge is 0.129 e. The first-order chi connectivity index (χ1) is 8.16. The highest BCUT2D eigenvalue weighted by molar-refractivity contribution is 5.42. The van der Waals surface area contributed by atoms with Crippen molar-refractivity contribution >= 4 is 5.82 Å². The van der Waals surface area contributed by atoms with Gasteiger partial charge < -0.3 is 15.6 Å². The summed E-state index contributed by atoms with van der Waals surface area (Å²) in [6.07, 6.45) is 5.22. The molecule has 2 rings (SSSR count). The number of rotatable bonds is 3. The lowest BCUT2D eigenvalue weighted by Crippen LogP contribution is -2.22. The third kappa shape index (κ3) is 3.17. The van der Waals surface area contributed by atoms with Crippen molar-refractivity contribution in [2.24, 2.45) is 0 Å². The van der Waals surface area contributed by atoms with E-state index in [1.165, 1.54) is 6.42 Å². The molecule has 1 aromatic rings. The predicted octanol–water partition coefficient (Wildman–Crippen LogP) is 1.96. The van der Waals surface area contributed by atoms with E-state index in [0.717, 1.165) is 30.6 Å². The van der Waals surface area contributed by atoms with E-state index >= 15 is 0 Å². The summed E-state index contributed by atoms with van der Waals surface area (Å²) in [5.74, 6) is 0.416. The summed E-state index contributed by atoms with van der Waals surface area (Å²) in [6.45, 7) is 2.75. The molecule has 1 aliphatic heterocycles. The average molecular weight is 236 g/mol. The molecular formula is C13H20N2O2. The Morgan fingerprint density at radius 3 is 3.12 bits per heavy atom. The lowest BCUT2D eigenvalue weighted by Gasteiger charge is -2.25. The van der Waals surface area contributed by atoms with Crippen LogP contribution in [0.3, 0.4) is 0 Å². The Morgan fingerprint density at radius 2 is 2.41 bits per heavy atom. The van der Waals surface area contributed by atoms with E-state index in [-0.39, 0.29) is 6.10 Å². The molecule has 1 saturated heterocycles. The maximum absolute atomic E-state index is 10.2. The quantitative estimate of drug-likeness (QED) is 0.841. The van der Waals surface area contributed by atoms with Crippen LogP contribution in [-0.4, -0.2) is 22.8 Å². The monoisotopic (exact) mass is 236 g/mol. The molecule has 0 bridgehead atoms. The van der Waals surface area contributed by atoms with Gasteiger partial charge in [-0.05, 0) is 37.8 Å². The molecule has 0 aliphatic carbocycles. The molecule has 1 fully saturated rings. The molecule has 1 aliphatic rings. The standard InChI is InChI=1S/C13H20N2O2/c1-9-6-11(13(14)15-8-9)12(16)7-10-4-2-3-5-17-10/h6,8,10,12,16H,2-5,7H2,1H3,(H2,14,15). The maximum Gasteiger partial charge on any atom is 0.129 e. The third-order valence-electron chi connectivity index (χ3n) is 3.21. The lowest BCUT2D eigenvalue weighted by atomic mass is 9.98. The van der Waals surface area contributed by atoms with Crippen LogP contribution in [0.5, 0.6) is 0 Å². The number of nitrogen functional groups attached to an aromatic ring is 1. The van der Waals surface area contributed by atoms with Gasteiger partial charge in [-0.2, -0.15) is 0 Å². The zero-order valence-electron chi connectivity index (χ0n) is 10.2. The Bertz CT molecular complexity index is 376. The lowest BCUT2D eigenvalue weighted by molar-refractivity contribution is -0.0154. The molecule has 0 aromatic carbocycles. The Kier molecular flexibility index (Phi) is 3.97. The molecular weight excluding hydrogens is 216 g/mol. The van der Waals surface area contributed by atoms with Gasteiger partial charge in [0.1, 0.15) is 5.82 Å². The van der Waals surface area contributed by atoms with Gasteiger partial charge in [-0.15, -0.1) is 0 Å². The van der Waals surface area contributed by atoms with Crippen LogP contribution in [0, 0.1) is 6.92 Å². The van der Waals surface area contributed by atoms with Crippen LogP contribution >= 0.6 is 0 Å². The average Bonchev–Trinajstić information content (AvgIpc) is 2.33. The van der Waals surface area contributed by atoms with Crippen LogP contribution in [0.15, 0.2) is 12.3 Å². The number of aromatic nitrogens is 1. The SMILES string of the molecule is Cc1cnc(N)c(C(O)CC2CCCCO2)c1. The highest BCUT2D eigenvalue weighted by Gasteiger charge is 2.20. The minimum absolute atomic E-state index is 0.152. The molecule has 1 aromatic heterocycles. The fourth-order valence-electron chi connectivity index (χ4n) is 2.24. The molecule has 94 valence electrons. The van der Waals surface area contributed by atoms with Crippen molar-refractivity contribution in [3.63, 3.8) is 0 Å². The van der Waals surface area contributed by atoms with E-state index < -0.39 is 6.10 Å². The topological polar surface area (TPSA) is 68.4 Å². The molecule has 4 nitrogen and oxygen atoms in total. The van der Waals surface area contributed by atoms with Gasteiger partial charge in [0.2, 0.25) is 0 Å². The summed E-state index contributed by atoms with van der Waals surface area (Å²) in [7, 11) is 0. The number of aryl methyl sites for hydroxylation is 1. The van der Waals surface area contributed by atoms with Gasteiger partial charge in [0, 0.05) is 24.8 Å². The Morgan fingerprint density at radius 1 is 1.59 bits per heavy atom. The van der Waals surface area contributed by atoms with Gasteiger partial charge in [0.15, 0.2) is 0 Å². The van der Waals surface area contributed by atoms with Gasteiger partial charge >= 0.3 is 0 Å². The van der Waals surface area contributed by atoms with Crippen LogP contribution in [0.25, 0.3) is 0 Å². The van der Waals surface area contributed by atoms with E-state index in [0.29, 0.717) is 12.2 Å². The summed E-state index contributed by atoms with van der Waals surface area (Å²) in [5, 5.41) is 10.2. The van der Waals surface area contributed by atoms with E-state index in [9.17, 15) is 5.11 Å². The number of aliphatic hydroxyl groups is 1. The van der Waals surface area contributed by atoms with Gasteiger partial charge in [0.25, 0.3) is 0 Å². The number of nitrogens with zero attached hydrogens (tertiary/aromatic N) is 1. The highest BCUT2D eigenvalue weighted by atomic mass is 16.5. The second-order valence-electron chi connectivity index (χ2n) is 4.73. The molecule has 2 atom stereocenters. The molecule has 0 saturated carbocycles. The second kappa shape index (κ2) is 5.47. The van der Waals surface area contributed by atoms with Crippen molar-refractivity contribution in [3.8, 4) is 0 Å². The summed E-state index contributed by atoms with van der Waals surface area (Å²) in [5.41, 5.74) is 7.52. The molecule has 0 radical (unpaired) electrons. The Hall–Kier alpha value is -1.13. The number of pyridine rings is 1. The number of hydrogen-bond donors (Lipinski definition) is 2. The fourth-order valence-corrected chi connectivity index (χ4v) is 2.24. The normalized spacial score (nSPS) is 22.4. The van der Waals surface area contributed by atoms with Crippen molar-refractivity contribution in [2.45, 2.75) is 44.8 Å². The van der Waals surface area contributed by atoms with Crippen LogP contribution < -0.4 is 5.73 Å². The maximum atomic E-state index is 10.2. The molecule has 0 amide bonds. The molecule has 17 heavy (non-hydrogen) atoms. The molecule has 0 spiro atoms. The van der Waals surface area contributed by atoms with Gasteiger partial charge in [-0.3, -0.25) is 0 Å². The summed E-state index contributed by atoms with van der Waals surface area (Å²) < 4.78 is 5.62. The minimum Gasteiger partial charge on any atom is -0.388 e. The summed E-state index contributed by atoms with van der Waals surface area (Å²) in [6, 6.07) is 1.90. The first-order valence-corrected chi connectivity index (χ1v) is 6.18. The van der Waals surface area contributed by atoms with Crippen molar-refractivity contribution in [1.29, 1.82) is 0 Å². The van der Waals surface area contributed by atoms with E-state index in [2.05, 4.69) is 4.98 Å². The first kappa shape index (κ1) is 12.3. The van der Waals surface area contributed by atoms with Crippen LogP contribution in [0.2, 0.25) is 0 Å². The molecule has 2 unspecified atom stereocenters. The van der Waals surface area contributed by atoms with E-state index in [4.69, 9.17) is 10.5 Å². The van der Waals surface area contributed by atoms with Gasteiger partial charge in [-0.25, -0.2) is 4.98 Å². The van der Waals surface area contributed by atoms with Crippen molar-refractivity contribution in [1.82, 2.24) is 4.98 Å². The van der Waals surface area contributed by atoms with Crippen LogP contribution in [0.1, 0.15) is 42.9 Å². The van der Waals surface area contributed by atoms with Crippen molar-refractivity contribution < 1.29 is 9.84 Å². The van der Waals surface area contributed by atoms with Crippen molar-refractivity contribution in [3.05, 3.63) is 23.4 Å². The van der Waals surface area contributed by atoms with E-state index in [1.807, 2.05) is 13.0 Å². The minimum atomic E-state index is -0.578. The number of ether oxygens (including phenoxy) is 1. The number of hydrogen-bond acceptors (Lipinski definition) is 4. The Balaban J connectivity index is 2.02. The zero-order valence-corrected chi connectivity index (χ0v) is 10.2. The highest BCUT2D eigenvalue weighted by Crippen LogP contribution is 2.27. The summed E-state index contributed by atoms with van der Waals surface area (Å²) >= 11 is 0. The zero-order chi connectivity index (χ0) is 12.3. The second-order valence-corrected chi connectivity index (χ2v) is 4.73. The number of nitrogens with two attached hydrogens (primary N) is 1. The third-order valence-corrected chi connectivity index (χ3v) is 3.21. The number of anilines is 1. The molecule has 4 heteroatoms. The van der Waals surface area contributed by atoms with Crippen LogP contribution in [0.4, 0.5) is 5.82 Å². The first-order valence-electron chi connectivity index (χ1n) is 6.18. The van der Waals surface area contributed by atoms with Crippen LogP contribution in [-0.2, 0) is 4.74 Å². The fraction of sp³-hybridized carbons (Fsp3) is 0.615. The van der Waals surface area contributed by atoms with Gasteiger partial charge in [-0.1, -0.05) is 0 Å². The largest absolute Gasteiger partial charge is 0.388 e. The van der Waals surface area contributed by atoms with E-state index in [1.54, 1.807) is 6.20 Å². The predicted molar refractivity (Wildman–Crippen MR) is 66.6 cm³/mol. The Labute approximate surface area is 102 Å². The van der Waals surface area contributed by atoms with Crippen molar-refractivity contribution in [2.75, 3.05) is 12.3 Å². The summed E-state index contributed by atoms with van der Waals surface area (Å²) in [4.78, 5) is 4.07. The number of aliphatic hydroxyl groups excluding tert-OH is 1. The van der Waals surface area contributed by atoms with Gasteiger partial charge in [0.05, 0.1) is 12.2 Å².